The average molecular weight is 360 g/mol. The highest BCUT2D eigenvalue weighted by Crippen LogP contribution is 2.29. The molecule has 0 aromatic carbocycles. The molecule has 26 heavy (non-hydrogen) atoms. The summed E-state index contributed by atoms with van der Waals surface area (Å²) in [5.41, 5.74) is 0.917. The summed E-state index contributed by atoms with van der Waals surface area (Å²) in [4.78, 5) is 30.3. The van der Waals surface area contributed by atoms with Crippen LogP contribution in [0.2, 0.25) is 0 Å². The molecular formula is C17H24N6O3. The van der Waals surface area contributed by atoms with Crippen LogP contribution in [0.3, 0.4) is 0 Å². The van der Waals surface area contributed by atoms with Gasteiger partial charge in [-0.3, -0.25) is 18.5 Å². The van der Waals surface area contributed by atoms with Gasteiger partial charge < -0.3 is 4.74 Å². The van der Waals surface area contributed by atoms with Gasteiger partial charge in [0.05, 0.1) is 24.9 Å². The van der Waals surface area contributed by atoms with Gasteiger partial charge in [-0.2, -0.15) is 10.1 Å². The van der Waals surface area contributed by atoms with E-state index in [1.54, 1.807) is 25.2 Å². The lowest BCUT2D eigenvalue weighted by molar-refractivity contribution is 0.204. The third kappa shape index (κ3) is 2.68. The molecule has 140 valence electrons. The Bertz CT molecular complexity index is 1010. The maximum absolute atomic E-state index is 13.1. The summed E-state index contributed by atoms with van der Waals surface area (Å²) in [5.74, 6) is 0.547. The molecule has 2 aromatic rings. The molecule has 0 unspecified atom stereocenters. The second-order valence-electron chi connectivity index (χ2n) is 6.31. The third-order valence-corrected chi connectivity index (χ3v) is 4.69. The van der Waals surface area contributed by atoms with Crippen molar-refractivity contribution in [3.05, 3.63) is 33.0 Å². The fourth-order valence-corrected chi connectivity index (χ4v) is 3.08. The molecule has 0 radical (unpaired) electrons. The first kappa shape index (κ1) is 18.1. The molecule has 1 aliphatic heterocycles. The van der Waals surface area contributed by atoms with E-state index in [2.05, 4.69) is 10.1 Å². The van der Waals surface area contributed by atoms with Crippen molar-refractivity contribution >= 4 is 22.8 Å². The van der Waals surface area contributed by atoms with Crippen molar-refractivity contribution < 1.29 is 4.74 Å². The van der Waals surface area contributed by atoms with Gasteiger partial charge in [-0.25, -0.2) is 9.80 Å². The van der Waals surface area contributed by atoms with Crippen molar-refractivity contribution in [1.29, 1.82) is 0 Å². The van der Waals surface area contributed by atoms with E-state index in [-0.39, 0.29) is 23.8 Å². The molecule has 9 heteroatoms. The SMILES string of the molecule is C/C=C\Cn1c(=O)c2c(nc3n2[C@@H](C)C(C)=NN3CCOC)n(C)c1=O. The number of aryl methyl sites for hydroxylation is 1. The van der Waals surface area contributed by atoms with Crippen LogP contribution in [0, 0.1) is 0 Å². The Morgan fingerprint density at radius 1 is 1.31 bits per heavy atom. The zero-order valence-corrected chi connectivity index (χ0v) is 15.8. The molecule has 3 heterocycles. The topological polar surface area (TPSA) is 86.7 Å². The molecule has 0 saturated heterocycles. The van der Waals surface area contributed by atoms with Gasteiger partial charge in [0.2, 0.25) is 5.95 Å². The first-order valence-corrected chi connectivity index (χ1v) is 8.56. The molecule has 0 saturated carbocycles. The number of nitrogens with zero attached hydrogens (tertiary/aromatic N) is 6. The average Bonchev–Trinajstić information content (AvgIpc) is 3.03. The van der Waals surface area contributed by atoms with Crippen LogP contribution in [0.5, 0.6) is 0 Å². The second-order valence-corrected chi connectivity index (χ2v) is 6.31. The van der Waals surface area contributed by atoms with Gasteiger partial charge in [0.25, 0.3) is 5.56 Å². The molecule has 0 aliphatic carbocycles. The zero-order chi connectivity index (χ0) is 19.0. The van der Waals surface area contributed by atoms with Gasteiger partial charge >= 0.3 is 5.69 Å². The van der Waals surface area contributed by atoms with E-state index in [1.165, 1.54) is 9.13 Å². The summed E-state index contributed by atoms with van der Waals surface area (Å²) < 4.78 is 9.66. The van der Waals surface area contributed by atoms with Crippen LogP contribution in [-0.4, -0.2) is 44.7 Å². The van der Waals surface area contributed by atoms with E-state index in [0.717, 1.165) is 5.71 Å². The van der Waals surface area contributed by atoms with Crippen LogP contribution in [0.25, 0.3) is 11.2 Å². The summed E-state index contributed by atoms with van der Waals surface area (Å²) >= 11 is 0. The molecule has 9 nitrogen and oxygen atoms in total. The Kier molecular flexibility index (Phi) is 4.82. The lowest BCUT2D eigenvalue weighted by Crippen LogP contribution is -2.40. The smallest absolute Gasteiger partial charge is 0.332 e. The number of allylic oxidation sites excluding steroid dienone is 2. The minimum atomic E-state index is -0.384. The number of hydrogen-bond acceptors (Lipinski definition) is 6. The quantitative estimate of drug-likeness (QED) is 0.739. The molecule has 0 N–H and O–H groups in total. The Morgan fingerprint density at radius 2 is 2.04 bits per heavy atom. The maximum Gasteiger partial charge on any atom is 0.332 e. The van der Waals surface area contributed by atoms with Gasteiger partial charge in [-0.15, -0.1) is 0 Å². The van der Waals surface area contributed by atoms with Crippen molar-refractivity contribution in [3.63, 3.8) is 0 Å². The van der Waals surface area contributed by atoms with Crippen LogP contribution in [-0.2, 0) is 18.3 Å². The number of methoxy groups -OCH3 is 1. The van der Waals surface area contributed by atoms with Crippen LogP contribution in [0.1, 0.15) is 26.8 Å². The zero-order valence-electron chi connectivity index (χ0n) is 15.8. The van der Waals surface area contributed by atoms with Crippen molar-refractivity contribution in [2.75, 3.05) is 25.3 Å². The van der Waals surface area contributed by atoms with E-state index in [9.17, 15) is 9.59 Å². The predicted molar refractivity (Wildman–Crippen MR) is 101 cm³/mol. The van der Waals surface area contributed by atoms with Gasteiger partial charge in [-0.05, 0) is 20.8 Å². The van der Waals surface area contributed by atoms with Crippen LogP contribution < -0.4 is 16.3 Å². The first-order chi connectivity index (χ1) is 12.4. The molecule has 0 bridgehead atoms. The highest BCUT2D eigenvalue weighted by Gasteiger charge is 2.30. The molecule has 1 aliphatic rings. The summed E-state index contributed by atoms with van der Waals surface area (Å²) in [6, 6.07) is -0.130. The fourth-order valence-electron chi connectivity index (χ4n) is 3.08. The van der Waals surface area contributed by atoms with Crippen molar-refractivity contribution in [1.82, 2.24) is 18.7 Å². The van der Waals surface area contributed by atoms with Crippen molar-refractivity contribution in [2.45, 2.75) is 33.4 Å². The van der Waals surface area contributed by atoms with Crippen molar-refractivity contribution in [3.8, 4) is 0 Å². The van der Waals surface area contributed by atoms with Crippen LogP contribution in [0.4, 0.5) is 5.95 Å². The second kappa shape index (κ2) is 6.91. The van der Waals surface area contributed by atoms with Gasteiger partial charge in [0.15, 0.2) is 11.2 Å². The van der Waals surface area contributed by atoms with E-state index in [4.69, 9.17) is 4.74 Å². The normalized spacial score (nSPS) is 17.2. The lowest BCUT2D eigenvalue weighted by Gasteiger charge is -2.28. The fraction of sp³-hybridized carbons (Fsp3) is 0.529. The first-order valence-electron chi connectivity index (χ1n) is 8.56. The largest absolute Gasteiger partial charge is 0.383 e. The molecular weight excluding hydrogens is 336 g/mol. The molecule has 0 spiro atoms. The van der Waals surface area contributed by atoms with E-state index in [1.807, 2.05) is 31.4 Å². The van der Waals surface area contributed by atoms with Gasteiger partial charge in [-0.1, -0.05) is 12.2 Å². The number of hydrazone groups is 1. The van der Waals surface area contributed by atoms with Crippen molar-refractivity contribution in [2.24, 2.45) is 12.1 Å². The number of rotatable bonds is 5. The molecule has 3 rings (SSSR count). The van der Waals surface area contributed by atoms with E-state index in [0.29, 0.717) is 30.3 Å². The molecule has 1 atom stereocenters. The third-order valence-electron chi connectivity index (χ3n) is 4.69. The molecule has 2 aromatic heterocycles. The summed E-state index contributed by atoms with van der Waals surface area (Å²) in [6.45, 7) is 6.94. The number of hydrogen-bond donors (Lipinski definition) is 0. The van der Waals surface area contributed by atoms with E-state index < -0.39 is 0 Å². The number of imidazole rings is 1. The Hall–Kier alpha value is -2.68. The minimum absolute atomic E-state index is 0.130. The number of ether oxygens (including phenoxy) is 1. The lowest BCUT2D eigenvalue weighted by atomic mass is 10.2. The maximum atomic E-state index is 13.1. The van der Waals surface area contributed by atoms with Gasteiger partial charge in [0, 0.05) is 20.7 Å². The van der Waals surface area contributed by atoms with E-state index >= 15 is 0 Å². The minimum Gasteiger partial charge on any atom is -0.383 e. The molecule has 0 amide bonds. The number of fused-ring (bicyclic) bond motifs is 3. The van der Waals surface area contributed by atoms with Gasteiger partial charge in [0.1, 0.15) is 0 Å². The Balaban J connectivity index is 2.32. The monoisotopic (exact) mass is 360 g/mol. The summed E-state index contributed by atoms with van der Waals surface area (Å²) in [5, 5.41) is 6.29. The summed E-state index contributed by atoms with van der Waals surface area (Å²) in [7, 11) is 3.25. The highest BCUT2D eigenvalue weighted by molar-refractivity contribution is 5.91. The Labute approximate surface area is 150 Å². The highest BCUT2D eigenvalue weighted by atomic mass is 16.5. The molecule has 0 fully saturated rings. The predicted octanol–water partition coefficient (Wildman–Crippen LogP) is 0.876. The van der Waals surface area contributed by atoms with Crippen LogP contribution >= 0.6 is 0 Å². The Morgan fingerprint density at radius 3 is 2.69 bits per heavy atom. The summed E-state index contributed by atoms with van der Waals surface area (Å²) in [6.07, 6.45) is 3.59. The standard InChI is InChI=1S/C17H24N6O3/c1-6-7-8-21-15(24)13-14(20(4)17(21)25)18-16-22(9-10-26-5)19-11(2)12(3)23(13)16/h6-7,12H,8-10H2,1-5H3/b7-6-/t12-/m0/s1. The number of aromatic nitrogens is 4. The number of anilines is 1. The van der Waals surface area contributed by atoms with Crippen LogP contribution in [0.15, 0.2) is 26.8 Å².